The van der Waals surface area contributed by atoms with Crippen molar-refractivity contribution in [2.24, 2.45) is 0 Å². The van der Waals surface area contributed by atoms with E-state index in [2.05, 4.69) is 5.32 Å². The summed E-state index contributed by atoms with van der Waals surface area (Å²) in [6, 6.07) is 13.7. The first-order valence-corrected chi connectivity index (χ1v) is 8.32. The van der Waals surface area contributed by atoms with Crippen LogP contribution in [0.2, 0.25) is 5.02 Å². The predicted octanol–water partition coefficient (Wildman–Crippen LogP) is 3.70. The van der Waals surface area contributed by atoms with Gasteiger partial charge < -0.3 is 20.2 Å². The van der Waals surface area contributed by atoms with Crippen molar-refractivity contribution in [3.63, 3.8) is 0 Å². The summed E-state index contributed by atoms with van der Waals surface area (Å²) >= 11 is 5.87. The van der Waals surface area contributed by atoms with Gasteiger partial charge in [0.1, 0.15) is 11.3 Å². The summed E-state index contributed by atoms with van der Waals surface area (Å²) < 4.78 is 10.7. The molecule has 0 fully saturated rings. The predicted molar refractivity (Wildman–Crippen MR) is 98.9 cm³/mol. The second kappa shape index (κ2) is 7.49. The maximum atomic E-state index is 12.0. The number of nitrogens with two attached hydrogens (primary N) is 1. The number of para-hydroxylation sites is 2. The van der Waals surface area contributed by atoms with Crippen LogP contribution in [0.5, 0.6) is 0 Å². The molecule has 0 saturated heterocycles. The number of ether oxygens (including phenoxy) is 1. The fraction of sp³-hybridized carbons (Fsp3) is 0.158. The molecular formula is C19H17ClN2O4. The minimum absolute atomic E-state index is 0.121. The summed E-state index contributed by atoms with van der Waals surface area (Å²) in [5, 5.41) is 3.93. The van der Waals surface area contributed by atoms with Crippen molar-refractivity contribution in [2.45, 2.75) is 13.0 Å². The van der Waals surface area contributed by atoms with Crippen LogP contribution in [0.25, 0.3) is 11.0 Å². The molecule has 7 heteroatoms. The molecule has 1 atom stereocenters. The average Bonchev–Trinajstić information content (AvgIpc) is 3.06. The minimum Gasteiger partial charge on any atom is -0.459 e. The summed E-state index contributed by atoms with van der Waals surface area (Å²) in [5.74, 6) is -0.548. The third-order valence-corrected chi connectivity index (χ3v) is 4.19. The van der Waals surface area contributed by atoms with Crippen LogP contribution in [0.15, 0.2) is 52.9 Å². The number of esters is 1. The van der Waals surface area contributed by atoms with Crippen molar-refractivity contribution in [3.05, 3.63) is 64.9 Å². The van der Waals surface area contributed by atoms with Gasteiger partial charge in [0.15, 0.2) is 6.61 Å². The van der Waals surface area contributed by atoms with Crippen molar-refractivity contribution in [2.75, 3.05) is 12.3 Å². The zero-order valence-corrected chi connectivity index (χ0v) is 14.7. The summed E-state index contributed by atoms with van der Waals surface area (Å²) in [5.41, 5.74) is 6.72. The lowest BCUT2D eigenvalue weighted by atomic mass is 10.2. The lowest BCUT2D eigenvalue weighted by Gasteiger charge is -2.12. The van der Waals surface area contributed by atoms with Gasteiger partial charge in [0, 0.05) is 5.39 Å². The lowest BCUT2D eigenvalue weighted by molar-refractivity contribution is -0.125. The number of nitrogens with one attached hydrogen (secondary N) is 1. The molecule has 0 aliphatic rings. The molecule has 0 aliphatic heterocycles. The number of hydrogen-bond acceptors (Lipinski definition) is 5. The van der Waals surface area contributed by atoms with E-state index in [0.29, 0.717) is 5.76 Å². The molecule has 0 saturated carbocycles. The Kier molecular flexibility index (Phi) is 5.14. The largest absolute Gasteiger partial charge is 0.459 e. The Morgan fingerprint density at radius 2 is 2.00 bits per heavy atom. The summed E-state index contributed by atoms with van der Waals surface area (Å²) in [4.78, 5) is 24.1. The molecule has 0 bridgehead atoms. The third kappa shape index (κ3) is 3.81. The SMILES string of the molecule is CC(NC(=O)COC(=O)c1cccc(Cl)c1N)c1cc2ccccc2o1. The van der Waals surface area contributed by atoms with E-state index in [4.69, 9.17) is 26.5 Å². The Balaban J connectivity index is 1.58. The number of carbonyl (C=O) groups is 2. The van der Waals surface area contributed by atoms with Gasteiger partial charge in [-0.15, -0.1) is 0 Å². The smallest absolute Gasteiger partial charge is 0.340 e. The van der Waals surface area contributed by atoms with Gasteiger partial charge in [0.05, 0.1) is 22.3 Å². The molecule has 2 aromatic carbocycles. The number of amides is 1. The van der Waals surface area contributed by atoms with E-state index in [1.807, 2.05) is 30.3 Å². The fourth-order valence-corrected chi connectivity index (χ4v) is 2.67. The normalized spacial score (nSPS) is 11.9. The van der Waals surface area contributed by atoms with Crippen LogP contribution in [0, 0.1) is 0 Å². The standard InChI is InChI=1S/C19H17ClN2O4/c1-11(16-9-12-5-2-3-8-15(12)26-16)22-17(23)10-25-19(24)13-6-4-7-14(20)18(13)21/h2-9,11H,10,21H2,1H3,(H,22,23). The highest BCUT2D eigenvalue weighted by atomic mass is 35.5. The maximum absolute atomic E-state index is 12.0. The Morgan fingerprint density at radius 1 is 1.23 bits per heavy atom. The molecule has 134 valence electrons. The fourth-order valence-electron chi connectivity index (χ4n) is 2.49. The Morgan fingerprint density at radius 3 is 2.77 bits per heavy atom. The number of anilines is 1. The van der Waals surface area contributed by atoms with E-state index < -0.39 is 18.5 Å². The molecule has 0 spiro atoms. The van der Waals surface area contributed by atoms with Crippen LogP contribution in [0.3, 0.4) is 0 Å². The maximum Gasteiger partial charge on any atom is 0.340 e. The molecule has 6 nitrogen and oxygen atoms in total. The zero-order chi connectivity index (χ0) is 18.7. The van der Waals surface area contributed by atoms with E-state index in [1.165, 1.54) is 6.07 Å². The van der Waals surface area contributed by atoms with Crippen LogP contribution in [-0.4, -0.2) is 18.5 Å². The Labute approximate surface area is 154 Å². The zero-order valence-electron chi connectivity index (χ0n) is 14.0. The molecule has 1 heterocycles. The molecule has 3 aromatic rings. The van der Waals surface area contributed by atoms with Gasteiger partial charge in [-0.3, -0.25) is 4.79 Å². The van der Waals surface area contributed by atoms with E-state index in [1.54, 1.807) is 19.1 Å². The van der Waals surface area contributed by atoms with Gasteiger partial charge in [0.2, 0.25) is 0 Å². The third-order valence-electron chi connectivity index (χ3n) is 3.86. The van der Waals surface area contributed by atoms with Crippen LogP contribution < -0.4 is 11.1 Å². The van der Waals surface area contributed by atoms with Gasteiger partial charge in [-0.1, -0.05) is 35.9 Å². The van der Waals surface area contributed by atoms with Gasteiger partial charge >= 0.3 is 5.97 Å². The molecule has 0 aliphatic carbocycles. The Hall–Kier alpha value is -2.99. The van der Waals surface area contributed by atoms with Crippen molar-refractivity contribution in [1.29, 1.82) is 0 Å². The van der Waals surface area contributed by atoms with Crippen LogP contribution in [0.4, 0.5) is 5.69 Å². The topological polar surface area (TPSA) is 94.6 Å². The van der Waals surface area contributed by atoms with Gasteiger partial charge in [0.25, 0.3) is 5.91 Å². The number of benzene rings is 2. The molecule has 3 N–H and O–H groups in total. The summed E-state index contributed by atoms with van der Waals surface area (Å²) in [6.45, 7) is 1.35. The number of nitrogen functional groups attached to an aromatic ring is 1. The number of hydrogen-bond donors (Lipinski definition) is 2. The summed E-state index contributed by atoms with van der Waals surface area (Å²) in [7, 11) is 0. The molecule has 1 amide bonds. The number of furan rings is 1. The summed E-state index contributed by atoms with van der Waals surface area (Å²) in [6.07, 6.45) is 0. The second-order valence-corrected chi connectivity index (χ2v) is 6.16. The number of halogens is 1. The first-order valence-electron chi connectivity index (χ1n) is 7.94. The highest BCUT2D eigenvalue weighted by Crippen LogP contribution is 2.24. The van der Waals surface area contributed by atoms with E-state index >= 15 is 0 Å². The van der Waals surface area contributed by atoms with Crippen molar-refractivity contribution >= 4 is 40.1 Å². The van der Waals surface area contributed by atoms with E-state index in [-0.39, 0.29) is 22.3 Å². The van der Waals surface area contributed by atoms with Crippen molar-refractivity contribution < 1.29 is 18.7 Å². The van der Waals surface area contributed by atoms with Gasteiger partial charge in [-0.2, -0.15) is 0 Å². The van der Waals surface area contributed by atoms with Crippen LogP contribution in [-0.2, 0) is 9.53 Å². The average molecular weight is 373 g/mol. The lowest BCUT2D eigenvalue weighted by Crippen LogP contribution is -2.31. The molecule has 3 rings (SSSR count). The minimum atomic E-state index is -0.712. The quantitative estimate of drug-likeness (QED) is 0.526. The Bertz CT molecular complexity index is 934. The molecule has 1 unspecified atom stereocenters. The van der Waals surface area contributed by atoms with Crippen molar-refractivity contribution in [1.82, 2.24) is 5.32 Å². The highest BCUT2D eigenvalue weighted by molar-refractivity contribution is 6.33. The monoisotopic (exact) mass is 372 g/mol. The van der Waals surface area contributed by atoms with Crippen molar-refractivity contribution in [3.8, 4) is 0 Å². The molecule has 26 heavy (non-hydrogen) atoms. The van der Waals surface area contributed by atoms with E-state index in [9.17, 15) is 9.59 Å². The van der Waals surface area contributed by atoms with Crippen LogP contribution >= 0.6 is 11.6 Å². The van der Waals surface area contributed by atoms with E-state index in [0.717, 1.165) is 11.0 Å². The molecule has 0 radical (unpaired) electrons. The second-order valence-electron chi connectivity index (χ2n) is 5.75. The number of carbonyl (C=O) groups excluding carboxylic acids is 2. The van der Waals surface area contributed by atoms with Gasteiger partial charge in [-0.25, -0.2) is 4.79 Å². The number of fused-ring (bicyclic) bond motifs is 1. The van der Waals surface area contributed by atoms with Crippen LogP contribution in [0.1, 0.15) is 29.1 Å². The first-order chi connectivity index (χ1) is 12.5. The molecule has 1 aromatic heterocycles. The highest BCUT2D eigenvalue weighted by Gasteiger charge is 2.17. The first kappa shape index (κ1) is 17.8. The molecular weight excluding hydrogens is 356 g/mol. The van der Waals surface area contributed by atoms with Gasteiger partial charge in [-0.05, 0) is 31.2 Å². The number of rotatable bonds is 5.